The fourth-order valence-electron chi connectivity index (χ4n) is 1.91. The van der Waals surface area contributed by atoms with Crippen molar-refractivity contribution in [3.63, 3.8) is 0 Å². The maximum absolute atomic E-state index is 2.54. The Hall–Kier alpha value is -0.0431. The topological polar surface area (TPSA) is 0 Å². The highest BCUT2D eigenvalue weighted by Crippen LogP contribution is 2.46. The SMILES string of the molecule is C/C=C\[C@H](CC(C)C)[Si](C)(C)C(C)(C)C. The van der Waals surface area contributed by atoms with Gasteiger partial charge >= 0.3 is 0 Å². The van der Waals surface area contributed by atoms with Crippen LogP contribution in [-0.4, -0.2) is 8.07 Å². The normalized spacial score (nSPS) is 16.3. The van der Waals surface area contributed by atoms with Crippen molar-refractivity contribution in [2.75, 3.05) is 0 Å². The van der Waals surface area contributed by atoms with Crippen LogP contribution in [0.2, 0.25) is 23.7 Å². The van der Waals surface area contributed by atoms with Gasteiger partial charge in [0, 0.05) is 0 Å². The van der Waals surface area contributed by atoms with Gasteiger partial charge in [-0.15, -0.1) is 0 Å². The minimum absolute atomic E-state index is 0.492. The average Bonchev–Trinajstić information content (AvgIpc) is 2.00. The molecular weight excluding hydrogens is 196 g/mol. The van der Waals surface area contributed by atoms with Gasteiger partial charge in [0.25, 0.3) is 0 Å². The van der Waals surface area contributed by atoms with Crippen LogP contribution in [0.15, 0.2) is 12.2 Å². The zero-order valence-electron chi connectivity index (χ0n) is 12.0. The Labute approximate surface area is 98.2 Å². The monoisotopic (exact) mass is 226 g/mol. The van der Waals surface area contributed by atoms with Gasteiger partial charge in [-0.25, -0.2) is 0 Å². The summed E-state index contributed by atoms with van der Waals surface area (Å²) in [4.78, 5) is 0. The summed E-state index contributed by atoms with van der Waals surface area (Å²) in [7, 11) is -1.20. The average molecular weight is 226 g/mol. The first-order chi connectivity index (χ1) is 6.63. The van der Waals surface area contributed by atoms with E-state index in [2.05, 4.69) is 66.8 Å². The summed E-state index contributed by atoms with van der Waals surface area (Å²) >= 11 is 0. The number of hydrogen-bond acceptors (Lipinski definition) is 0. The predicted molar refractivity (Wildman–Crippen MR) is 75.2 cm³/mol. The van der Waals surface area contributed by atoms with Crippen molar-refractivity contribution in [1.82, 2.24) is 0 Å². The van der Waals surface area contributed by atoms with Crippen molar-refractivity contribution >= 4 is 8.07 Å². The molecule has 15 heavy (non-hydrogen) atoms. The smallest absolute Gasteiger partial charge is 0.0597 e. The van der Waals surface area contributed by atoms with Crippen LogP contribution in [0.3, 0.4) is 0 Å². The number of hydrogen-bond donors (Lipinski definition) is 0. The molecule has 0 aliphatic carbocycles. The third-order valence-corrected chi connectivity index (χ3v) is 10.2. The van der Waals surface area contributed by atoms with E-state index in [0.717, 1.165) is 11.5 Å². The molecule has 0 aliphatic rings. The van der Waals surface area contributed by atoms with Crippen molar-refractivity contribution in [2.45, 2.75) is 71.6 Å². The first-order valence-corrected chi connectivity index (χ1v) is 9.33. The molecule has 0 aromatic heterocycles. The van der Waals surface area contributed by atoms with Crippen LogP contribution in [0.1, 0.15) is 48.0 Å². The van der Waals surface area contributed by atoms with E-state index in [-0.39, 0.29) is 0 Å². The highest BCUT2D eigenvalue weighted by molar-refractivity contribution is 6.81. The van der Waals surface area contributed by atoms with E-state index >= 15 is 0 Å². The summed E-state index contributed by atoms with van der Waals surface area (Å²) in [6, 6.07) is 0. The van der Waals surface area contributed by atoms with Crippen LogP contribution in [0.25, 0.3) is 0 Å². The van der Waals surface area contributed by atoms with E-state index in [4.69, 9.17) is 0 Å². The van der Waals surface area contributed by atoms with E-state index in [1.54, 1.807) is 0 Å². The highest BCUT2D eigenvalue weighted by Gasteiger charge is 2.40. The molecule has 0 amide bonds. The lowest BCUT2D eigenvalue weighted by Gasteiger charge is -2.43. The van der Waals surface area contributed by atoms with Crippen molar-refractivity contribution in [2.24, 2.45) is 5.92 Å². The molecule has 0 saturated carbocycles. The van der Waals surface area contributed by atoms with Crippen LogP contribution in [0, 0.1) is 5.92 Å². The van der Waals surface area contributed by atoms with Crippen LogP contribution in [0.4, 0.5) is 0 Å². The van der Waals surface area contributed by atoms with Crippen LogP contribution >= 0.6 is 0 Å². The molecule has 1 heteroatoms. The largest absolute Gasteiger partial charge is 0.0917 e. The van der Waals surface area contributed by atoms with Crippen molar-refractivity contribution < 1.29 is 0 Å². The molecule has 0 aromatic rings. The molecule has 0 aliphatic heterocycles. The van der Waals surface area contributed by atoms with Crippen LogP contribution < -0.4 is 0 Å². The molecule has 0 radical (unpaired) electrons. The minimum Gasteiger partial charge on any atom is -0.0917 e. The Morgan fingerprint density at radius 1 is 1.13 bits per heavy atom. The zero-order chi connectivity index (χ0) is 12.3. The fourth-order valence-corrected chi connectivity index (χ4v) is 4.76. The molecule has 90 valence electrons. The standard InChI is InChI=1S/C14H30Si/c1-9-10-13(11-12(2)3)15(7,8)14(4,5)6/h9-10,12-13H,11H2,1-8H3/b10-9-/t13-/m1/s1. The summed E-state index contributed by atoms with van der Waals surface area (Å²) in [5.74, 6) is 0.806. The Morgan fingerprint density at radius 3 is 1.87 bits per heavy atom. The van der Waals surface area contributed by atoms with Gasteiger partial charge in [-0.1, -0.05) is 59.9 Å². The van der Waals surface area contributed by atoms with Gasteiger partial charge in [-0.2, -0.15) is 0 Å². The summed E-state index contributed by atoms with van der Waals surface area (Å²) in [5, 5.41) is 0.492. The van der Waals surface area contributed by atoms with E-state index in [1.807, 2.05) is 0 Å². The lowest BCUT2D eigenvalue weighted by atomic mass is 10.1. The molecule has 0 bridgehead atoms. The third-order valence-electron chi connectivity index (χ3n) is 4.01. The molecule has 0 fully saturated rings. The third kappa shape index (κ3) is 4.14. The van der Waals surface area contributed by atoms with E-state index in [0.29, 0.717) is 5.04 Å². The molecule has 1 atom stereocenters. The molecule has 0 unspecified atom stereocenters. The second-order valence-corrected chi connectivity index (χ2v) is 12.4. The van der Waals surface area contributed by atoms with Gasteiger partial charge < -0.3 is 0 Å². The van der Waals surface area contributed by atoms with Gasteiger partial charge in [0.2, 0.25) is 0 Å². The summed E-state index contributed by atoms with van der Waals surface area (Å²) < 4.78 is 0. The Balaban J connectivity index is 4.90. The molecule has 0 heterocycles. The highest BCUT2D eigenvalue weighted by atomic mass is 28.3. The lowest BCUT2D eigenvalue weighted by molar-refractivity contribution is 0.569. The van der Waals surface area contributed by atoms with E-state index in [1.165, 1.54) is 6.42 Å². The quantitative estimate of drug-likeness (QED) is 0.439. The fraction of sp³-hybridized carbons (Fsp3) is 0.857. The second kappa shape index (κ2) is 5.34. The van der Waals surface area contributed by atoms with E-state index in [9.17, 15) is 0 Å². The molecule has 0 N–H and O–H groups in total. The first-order valence-electron chi connectivity index (χ1n) is 6.25. The summed E-state index contributed by atoms with van der Waals surface area (Å²) in [6.07, 6.45) is 6.05. The van der Waals surface area contributed by atoms with Gasteiger partial charge in [0.05, 0.1) is 8.07 Å². The lowest BCUT2D eigenvalue weighted by Crippen LogP contribution is -2.42. The van der Waals surface area contributed by atoms with Crippen molar-refractivity contribution in [1.29, 1.82) is 0 Å². The molecule has 0 aromatic carbocycles. The minimum atomic E-state index is -1.20. The summed E-state index contributed by atoms with van der Waals surface area (Å²) in [5.41, 5.74) is 0.822. The predicted octanol–water partition coefficient (Wildman–Crippen LogP) is 5.49. The Morgan fingerprint density at radius 2 is 1.60 bits per heavy atom. The number of rotatable bonds is 4. The van der Waals surface area contributed by atoms with Gasteiger partial charge in [0.15, 0.2) is 0 Å². The van der Waals surface area contributed by atoms with Gasteiger partial charge in [-0.05, 0) is 29.8 Å². The molecular formula is C14H30Si. The Kier molecular flexibility index (Phi) is 5.32. The van der Waals surface area contributed by atoms with Gasteiger partial charge in [0.1, 0.15) is 0 Å². The summed E-state index contributed by atoms with van der Waals surface area (Å²) in [6.45, 7) is 19.1. The molecule has 0 nitrogen and oxygen atoms in total. The maximum atomic E-state index is 2.54. The van der Waals surface area contributed by atoms with Crippen molar-refractivity contribution in [3.05, 3.63) is 12.2 Å². The van der Waals surface area contributed by atoms with Crippen molar-refractivity contribution in [3.8, 4) is 0 Å². The molecule has 0 spiro atoms. The maximum Gasteiger partial charge on any atom is 0.0597 e. The number of allylic oxidation sites excluding steroid dienone is 2. The van der Waals surface area contributed by atoms with Crippen LogP contribution in [0.5, 0.6) is 0 Å². The Bertz CT molecular complexity index is 206. The molecule has 0 saturated heterocycles. The zero-order valence-corrected chi connectivity index (χ0v) is 13.0. The van der Waals surface area contributed by atoms with Gasteiger partial charge in [-0.3, -0.25) is 0 Å². The molecule has 0 rings (SSSR count). The van der Waals surface area contributed by atoms with Crippen LogP contribution in [-0.2, 0) is 0 Å². The first kappa shape index (κ1) is 15.0. The second-order valence-electron chi connectivity index (χ2n) is 6.73. The van der Waals surface area contributed by atoms with E-state index < -0.39 is 8.07 Å².